The number of carbonyl (C=O) groups excluding carboxylic acids is 2. The summed E-state index contributed by atoms with van der Waals surface area (Å²) in [6.45, 7) is 0. The number of hydrogen-bond acceptors (Lipinski definition) is 8. The molecule has 1 aromatic carbocycles. The third-order valence-electron chi connectivity index (χ3n) is 5.99. The topological polar surface area (TPSA) is 101 Å². The molecule has 1 saturated carbocycles. The van der Waals surface area contributed by atoms with Gasteiger partial charge >= 0.3 is 5.97 Å². The SMILES string of the molecule is COC(=O)CC(c1ccc(OC)c(OC2CCCC2)c1)C1C(=O)c2ncccc2N1[O-]. The molecule has 1 fully saturated rings. The number of aromatic nitrogens is 1. The lowest BCUT2D eigenvalue weighted by atomic mass is 9.86. The number of anilines is 1. The molecule has 31 heavy (non-hydrogen) atoms. The normalized spacial score (nSPS) is 19.3. The minimum Gasteiger partial charge on any atom is -0.758 e. The number of hydrogen-bond donors (Lipinski definition) is 0. The van der Waals surface area contributed by atoms with Crippen LogP contribution in [0.5, 0.6) is 11.5 Å². The molecule has 0 saturated heterocycles. The lowest BCUT2D eigenvalue weighted by molar-refractivity contribution is -0.141. The van der Waals surface area contributed by atoms with E-state index in [0.29, 0.717) is 22.1 Å². The summed E-state index contributed by atoms with van der Waals surface area (Å²) in [7, 11) is 2.84. The molecule has 0 amide bonds. The van der Waals surface area contributed by atoms with Crippen LogP contribution in [0.25, 0.3) is 0 Å². The van der Waals surface area contributed by atoms with Crippen molar-refractivity contribution >= 4 is 17.4 Å². The van der Waals surface area contributed by atoms with Crippen molar-refractivity contribution in [3.05, 3.63) is 53.0 Å². The summed E-state index contributed by atoms with van der Waals surface area (Å²) in [6, 6.07) is 7.31. The number of ether oxygens (including phenoxy) is 3. The van der Waals surface area contributed by atoms with Crippen molar-refractivity contribution < 1.29 is 23.8 Å². The van der Waals surface area contributed by atoms with Crippen LogP contribution in [0, 0.1) is 5.21 Å². The van der Waals surface area contributed by atoms with E-state index in [4.69, 9.17) is 14.2 Å². The Morgan fingerprint density at radius 1 is 1.23 bits per heavy atom. The lowest BCUT2D eigenvalue weighted by Gasteiger charge is -2.36. The van der Waals surface area contributed by atoms with Crippen LogP contribution in [0.3, 0.4) is 0 Å². The highest BCUT2D eigenvalue weighted by Crippen LogP contribution is 2.41. The number of carbonyl (C=O) groups is 2. The van der Waals surface area contributed by atoms with Crippen LogP contribution in [-0.4, -0.2) is 43.1 Å². The molecule has 1 aliphatic heterocycles. The maximum Gasteiger partial charge on any atom is 0.306 e. The van der Waals surface area contributed by atoms with Crippen molar-refractivity contribution in [3.8, 4) is 11.5 Å². The maximum atomic E-state index is 13.1. The Hall–Kier alpha value is -3.13. The van der Waals surface area contributed by atoms with Crippen LogP contribution in [0.1, 0.15) is 54.1 Å². The third kappa shape index (κ3) is 4.07. The van der Waals surface area contributed by atoms with E-state index in [1.807, 2.05) is 0 Å². The second-order valence-corrected chi connectivity index (χ2v) is 7.83. The average Bonchev–Trinajstić information content (AvgIpc) is 3.39. The van der Waals surface area contributed by atoms with Gasteiger partial charge in [-0.2, -0.15) is 0 Å². The molecular weight excluding hydrogens is 400 g/mol. The summed E-state index contributed by atoms with van der Waals surface area (Å²) in [5, 5.41) is 13.7. The standard InChI is InChI=1S/C23H25N2O6/c1-29-18-10-9-14(12-19(18)31-15-6-3-4-7-15)16(13-20(26)30-2)22-23(27)21-17(25(22)28)8-5-11-24-21/h5,8-12,15-16,22H,3-4,6-7,13H2,1-2H3/q-1. The predicted molar refractivity (Wildman–Crippen MR) is 113 cm³/mol. The number of nitrogens with zero attached hydrogens (tertiary/aromatic N) is 2. The van der Waals surface area contributed by atoms with E-state index in [2.05, 4.69) is 4.98 Å². The fourth-order valence-corrected chi connectivity index (χ4v) is 4.38. The summed E-state index contributed by atoms with van der Waals surface area (Å²) in [4.78, 5) is 29.3. The maximum absolute atomic E-state index is 13.1. The first-order valence-electron chi connectivity index (χ1n) is 10.4. The molecule has 2 unspecified atom stereocenters. The Bertz CT molecular complexity index is 972. The number of pyridine rings is 1. The van der Waals surface area contributed by atoms with Gasteiger partial charge in [-0.15, -0.1) is 0 Å². The smallest absolute Gasteiger partial charge is 0.306 e. The number of benzene rings is 1. The van der Waals surface area contributed by atoms with E-state index in [9.17, 15) is 14.8 Å². The number of ketones is 1. The van der Waals surface area contributed by atoms with Crippen molar-refractivity contribution in [1.82, 2.24) is 4.98 Å². The summed E-state index contributed by atoms with van der Waals surface area (Å²) in [5.41, 5.74) is 0.961. The van der Waals surface area contributed by atoms with Gasteiger partial charge in [-0.1, -0.05) is 6.07 Å². The number of Topliss-reactive ketones (excluding diaryl/α,β-unsaturated/α-hetero) is 1. The first-order chi connectivity index (χ1) is 15.0. The van der Waals surface area contributed by atoms with Gasteiger partial charge in [0.2, 0.25) is 5.78 Å². The average molecular weight is 425 g/mol. The molecule has 0 bridgehead atoms. The largest absolute Gasteiger partial charge is 0.758 e. The number of hydroxylamine groups is 1. The van der Waals surface area contributed by atoms with Crippen molar-refractivity contribution in [1.29, 1.82) is 0 Å². The number of rotatable bonds is 7. The molecule has 2 aromatic rings. The van der Waals surface area contributed by atoms with Crippen LogP contribution in [0.4, 0.5) is 5.69 Å². The minimum absolute atomic E-state index is 0.0979. The van der Waals surface area contributed by atoms with Crippen molar-refractivity contribution in [2.45, 2.75) is 50.2 Å². The molecular formula is C23H25N2O6-. The molecule has 0 spiro atoms. The highest BCUT2D eigenvalue weighted by molar-refractivity contribution is 6.10. The highest BCUT2D eigenvalue weighted by atomic mass is 16.5. The molecule has 0 N–H and O–H groups in total. The highest BCUT2D eigenvalue weighted by Gasteiger charge is 2.41. The van der Waals surface area contributed by atoms with Gasteiger partial charge in [0.15, 0.2) is 11.5 Å². The summed E-state index contributed by atoms with van der Waals surface area (Å²) in [6.07, 6.45) is 5.61. The first-order valence-corrected chi connectivity index (χ1v) is 10.4. The molecule has 0 radical (unpaired) electrons. The molecule has 8 nitrogen and oxygen atoms in total. The van der Waals surface area contributed by atoms with E-state index in [-0.39, 0.29) is 23.9 Å². The van der Waals surface area contributed by atoms with Gasteiger partial charge in [0, 0.05) is 12.1 Å². The Morgan fingerprint density at radius 3 is 2.68 bits per heavy atom. The number of methoxy groups -OCH3 is 2. The second-order valence-electron chi connectivity index (χ2n) is 7.83. The summed E-state index contributed by atoms with van der Waals surface area (Å²) >= 11 is 0. The predicted octanol–water partition coefficient (Wildman–Crippen LogP) is 3.63. The summed E-state index contributed by atoms with van der Waals surface area (Å²) in [5.74, 6) is -0.546. The number of esters is 1. The fraction of sp³-hybridized carbons (Fsp3) is 0.435. The van der Waals surface area contributed by atoms with Crippen LogP contribution in [-0.2, 0) is 9.53 Å². The lowest BCUT2D eigenvalue weighted by Crippen LogP contribution is -2.38. The molecule has 4 rings (SSSR count). The molecule has 164 valence electrons. The quantitative estimate of drug-likeness (QED) is 0.620. The zero-order valence-electron chi connectivity index (χ0n) is 17.6. The van der Waals surface area contributed by atoms with E-state index < -0.39 is 23.7 Å². The second kappa shape index (κ2) is 8.93. The first kappa shape index (κ1) is 21.1. The molecule has 8 heteroatoms. The molecule has 1 aromatic heterocycles. The van der Waals surface area contributed by atoms with Gasteiger partial charge in [0.1, 0.15) is 5.69 Å². The Morgan fingerprint density at radius 2 is 2.00 bits per heavy atom. The van der Waals surface area contributed by atoms with Gasteiger partial charge < -0.3 is 24.5 Å². The fourth-order valence-electron chi connectivity index (χ4n) is 4.38. The third-order valence-corrected chi connectivity index (χ3v) is 5.99. The Labute approximate surface area is 180 Å². The monoisotopic (exact) mass is 425 g/mol. The van der Waals surface area contributed by atoms with Crippen molar-refractivity contribution in [2.24, 2.45) is 0 Å². The van der Waals surface area contributed by atoms with Crippen LogP contribution in [0.15, 0.2) is 36.5 Å². The van der Waals surface area contributed by atoms with Gasteiger partial charge in [-0.05, 0) is 55.5 Å². The molecule has 2 heterocycles. The van der Waals surface area contributed by atoms with E-state index in [1.165, 1.54) is 13.3 Å². The number of fused-ring (bicyclic) bond motifs is 1. The summed E-state index contributed by atoms with van der Waals surface area (Å²) < 4.78 is 16.5. The molecule has 1 aliphatic carbocycles. The van der Waals surface area contributed by atoms with Gasteiger partial charge in [-0.3, -0.25) is 14.6 Å². The Balaban J connectivity index is 1.71. The van der Waals surface area contributed by atoms with Crippen molar-refractivity contribution in [3.63, 3.8) is 0 Å². The van der Waals surface area contributed by atoms with Gasteiger partial charge in [-0.25, -0.2) is 0 Å². The van der Waals surface area contributed by atoms with Gasteiger partial charge in [0.25, 0.3) is 0 Å². The zero-order valence-corrected chi connectivity index (χ0v) is 17.6. The van der Waals surface area contributed by atoms with E-state index in [0.717, 1.165) is 25.7 Å². The van der Waals surface area contributed by atoms with E-state index >= 15 is 0 Å². The van der Waals surface area contributed by atoms with Crippen LogP contribution >= 0.6 is 0 Å². The van der Waals surface area contributed by atoms with Crippen LogP contribution in [0.2, 0.25) is 0 Å². The molecule has 2 atom stereocenters. The van der Waals surface area contributed by atoms with E-state index in [1.54, 1.807) is 37.4 Å². The minimum atomic E-state index is -1.11. The molecule has 2 aliphatic rings. The Kier molecular flexibility index (Phi) is 6.08. The van der Waals surface area contributed by atoms with Gasteiger partial charge in [0.05, 0.1) is 38.5 Å². The van der Waals surface area contributed by atoms with Crippen molar-refractivity contribution in [2.75, 3.05) is 19.3 Å². The van der Waals surface area contributed by atoms with Crippen LogP contribution < -0.4 is 14.5 Å². The zero-order chi connectivity index (χ0) is 22.0.